The first-order valence-electron chi connectivity index (χ1n) is 9.22. The maximum atomic E-state index is 12.6. The van der Waals surface area contributed by atoms with Crippen molar-refractivity contribution in [1.29, 1.82) is 0 Å². The molecule has 1 saturated carbocycles. The fourth-order valence-electron chi connectivity index (χ4n) is 4.00. The van der Waals surface area contributed by atoms with E-state index in [0.717, 1.165) is 64.7 Å². The van der Waals surface area contributed by atoms with Crippen molar-refractivity contribution in [3.05, 3.63) is 18.0 Å². The van der Waals surface area contributed by atoms with Crippen molar-refractivity contribution in [2.75, 3.05) is 26.2 Å². The molecule has 133 valence electrons. The van der Waals surface area contributed by atoms with Crippen molar-refractivity contribution in [3.63, 3.8) is 0 Å². The summed E-state index contributed by atoms with van der Waals surface area (Å²) in [7, 11) is 0. The summed E-state index contributed by atoms with van der Waals surface area (Å²) in [4.78, 5) is 26.3. The molecule has 1 radical (unpaired) electrons. The number of hydrogen-bond donors (Lipinski definition) is 0. The minimum absolute atomic E-state index is 0. The van der Waals surface area contributed by atoms with Crippen molar-refractivity contribution in [1.82, 2.24) is 4.90 Å². The molecule has 5 heteroatoms. The number of likely N-dealkylation sites (tertiary alicyclic amines) is 1. The zero-order valence-corrected chi connectivity index (χ0v) is 18.1. The predicted octanol–water partition coefficient (Wildman–Crippen LogP) is 3.57. The number of ketones is 1. The van der Waals surface area contributed by atoms with Crippen LogP contribution >= 0.6 is 0 Å². The Morgan fingerprint density at radius 1 is 1.04 bits per heavy atom. The van der Waals surface area contributed by atoms with E-state index in [2.05, 4.69) is 16.8 Å². The van der Waals surface area contributed by atoms with Crippen molar-refractivity contribution in [2.24, 2.45) is 17.3 Å². The predicted molar refractivity (Wildman–Crippen MR) is 93.3 cm³/mol. The summed E-state index contributed by atoms with van der Waals surface area (Å²) in [5.74, 6) is 0.715. The largest absolute Gasteiger partial charge is 0.661 e. The van der Waals surface area contributed by atoms with Gasteiger partial charge in [-0.15, -0.1) is 13.1 Å². The first-order valence-corrected chi connectivity index (χ1v) is 9.22. The molecule has 3 rings (SSSR count). The number of amides is 1. The third kappa shape index (κ3) is 4.98. The van der Waals surface area contributed by atoms with Crippen LogP contribution in [0.5, 0.6) is 0 Å². The number of carbonyl (C=O) groups excluding carboxylic acids is 2. The quantitative estimate of drug-likeness (QED) is 0.671. The second kappa shape index (κ2) is 10.2. The zero-order valence-electron chi connectivity index (χ0n) is 15.3. The van der Waals surface area contributed by atoms with Crippen LogP contribution in [-0.4, -0.2) is 42.8 Å². The van der Waals surface area contributed by atoms with E-state index in [9.17, 15) is 9.59 Å². The molecule has 24 heavy (non-hydrogen) atoms. The van der Waals surface area contributed by atoms with Crippen molar-refractivity contribution in [3.8, 4) is 0 Å². The molecular weight excluding hydrogens is 377 g/mol. The summed E-state index contributed by atoms with van der Waals surface area (Å²) < 4.78 is 0. The number of hydrogen-bond acceptors (Lipinski definition) is 2. The smallest absolute Gasteiger partial charge is 0.225 e. The monoisotopic (exact) mass is 408 g/mol. The minimum atomic E-state index is 0. The third-order valence-electron chi connectivity index (χ3n) is 5.71. The van der Waals surface area contributed by atoms with Gasteiger partial charge in [-0.2, -0.15) is 0 Å². The van der Waals surface area contributed by atoms with E-state index in [4.69, 9.17) is 0 Å². The van der Waals surface area contributed by atoms with Crippen LogP contribution in [0.15, 0.2) is 12.7 Å². The Balaban J connectivity index is 0.000000925. The van der Waals surface area contributed by atoms with Crippen LogP contribution in [-0.2, 0) is 42.3 Å². The summed E-state index contributed by atoms with van der Waals surface area (Å²) in [6, 6.07) is 0. The number of nitrogens with zero attached hydrogens (tertiary/aromatic N) is 2. The van der Waals surface area contributed by atoms with E-state index < -0.39 is 0 Å². The second-order valence-corrected chi connectivity index (χ2v) is 7.02. The molecular formula is C19H31N2O2Y-. The molecule has 0 aromatic carbocycles. The minimum Gasteiger partial charge on any atom is -0.661 e. The average Bonchev–Trinajstić information content (AvgIpc) is 2.61. The van der Waals surface area contributed by atoms with E-state index in [-0.39, 0.29) is 50.3 Å². The van der Waals surface area contributed by atoms with Gasteiger partial charge in [0.15, 0.2) is 5.78 Å². The maximum absolute atomic E-state index is 12.6. The van der Waals surface area contributed by atoms with Crippen LogP contribution in [0, 0.1) is 17.3 Å². The van der Waals surface area contributed by atoms with Gasteiger partial charge in [0.25, 0.3) is 0 Å². The van der Waals surface area contributed by atoms with Gasteiger partial charge in [0.2, 0.25) is 5.91 Å². The topological polar surface area (TPSA) is 51.5 Å². The Labute approximate surface area is 172 Å². The molecule has 2 heterocycles. The van der Waals surface area contributed by atoms with Gasteiger partial charge in [0.05, 0.1) is 0 Å². The van der Waals surface area contributed by atoms with Gasteiger partial charge in [-0.3, -0.25) is 9.59 Å². The normalized spacial score (nSPS) is 27.8. The first kappa shape index (κ1) is 22.0. The molecule has 0 bridgehead atoms. The van der Waals surface area contributed by atoms with E-state index in [1.807, 2.05) is 13.8 Å². The van der Waals surface area contributed by atoms with Crippen LogP contribution in [0.3, 0.4) is 0 Å². The number of carbonyl (C=O) groups is 2. The summed E-state index contributed by atoms with van der Waals surface area (Å²) in [5.41, 5.74) is 0.435. The first-order chi connectivity index (χ1) is 11.1. The summed E-state index contributed by atoms with van der Waals surface area (Å²) >= 11 is 0. The molecule has 0 aromatic heterocycles. The Bertz CT molecular complexity index is 431. The molecule has 0 N–H and O–H groups in total. The fraction of sp³-hybridized carbons (Fsp3) is 0.789. The number of piperidine rings is 1. The summed E-state index contributed by atoms with van der Waals surface area (Å²) in [6.07, 6.45) is 7.08. The fourth-order valence-corrected chi connectivity index (χ4v) is 4.00. The van der Waals surface area contributed by atoms with E-state index >= 15 is 0 Å². The third-order valence-corrected chi connectivity index (χ3v) is 5.71. The van der Waals surface area contributed by atoms with Crippen LogP contribution in [0.4, 0.5) is 0 Å². The Morgan fingerprint density at radius 3 is 1.96 bits per heavy atom. The summed E-state index contributed by atoms with van der Waals surface area (Å²) in [6.45, 7) is 11.4. The summed E-state index contributed by atoms with van der Waals surface area (Å²) in [5, 5.41) is 4.34. The molecule has 0 atom stereocenters. The molecule has 2 aliphatic heterocycles. The molecule has 0 aromatic rings. The Hall–Kier alpha value is -0.0561. The van der Waals surface area contributed by atoms with Gasteiger partial charge in [-0.25, -0.2) is 0 Å². The molecule has 2 saturated heterocycles. The zero-order chi connectivity index (χ0) is 16.9. The average molecular weight is 408 g/mol. The number of allylic oxidation sites excluding steroid dienone is 1. The van der Waals surface area contributed by atoms with Crippen LogP contribution in [0.25, 0.3) is 5.32 Å². The SMILES string of the molecule is C=CC(=O)C1CCC(C(=O)N2CCC3(CC2)C[N-]C3)CC1.CC.[Y]. The van der Waals surface area contributed by atoms with E-state index in [1.165, 1.54) is 6.08 Å². The van der Waals surface area contributed by atoms with E-state index in [0.29, 0.717) is 11.3 Å². The molecule has 3 fully saturated rings. The van der Waals surface area contributed by atoms with Crippen LogP contribution < -0.4 is 0 Å². The van der Waals surface area contributed by atoms with Gasteiger partial charge in [0.1, 0.15) is 0 Å². The van der Waals surface area contributed by atoms with Crippen LogP contribution in [0.1, 0.15) is 52.4 Å². The van der Waals surface area contributed by atoms with Gasteiger partial charge < -0.3 is 10.2 Å². The van der Waals surface area contributed by atoms with Crippen LogP contribution in [0.2, 0.25) is 0 Å². The Morgan fingerprint density at radius 2 is 1.54 bits per heavy atom. The van der Waals surface area contributed by atoms with Gasteiger partial charge >= 0.3 is 0 Å². The van der Waals surface area contributed by atoms with Crippen molar-refractivity contribution in [2.45, 2.75) is 52.4 Å². The molecule has 3 aliphatic rings. The maximum Gasteiger partial charge on any atom is 0.225 e. The van der Waals surface area contributed by atoms with E-state index in [1.54, 1.807) is 0 Å². The molecule has 1 amide bonds. The molecule has 0 unspecified atom stereocenters. The van der Waals surface area contributed by atoms with Crippen molar-refractivity contribution < 1.29 is 42.3 Å². The van der Waals surface area contributed by atoms with Gasteiger partial charge in [-0.05, 0) is 44.6 Å². The van der Waals surface area contributed by atoms with Gasteiger partial charge in [-0.1, -0.05) is 25.8 Å². The van der Waals surface area contributed by atoms with Crippen molar-refractivity contribution >= 4 is 11.7 Å². The van der Waals surface area contributed by atoms with Gasteiger partial charge in [0, 0.05) is 57.6 Å². The Kier molecular flexibility index (Phi) is 9.33. The molecule has 1 aliphatic carbocycles. The molecule has 4 nitrogen and oxygen atoms in total. The number of rotatable bonds is 3. The standard InChI is InChI=1S/C17H25N2O2.C2H6.Y/c1-2-15(20)13-3-5-14(6-4-13)16(21)19-9-7-17(8-10-19)11-18-12-17;1-2;/h2,13-14H,1,3-12H2;1-2H3;/q-1;;. The second-order valence-electron chi connectivity index (χ2n) is 7.02. The molecule has 1 spiro atoms.